The largest absolute Gasteiger partial charge is 0.491 e. The molecule has 0 bridgehead atoms. The summed E-state index contributed by atoms with van der Waals surface area (Å²) < 4.78 is 34.2. The highest BCUT2D eigenvalue weighted by Crippen LogP contribution is 2.37. The summed E-state index contributed by atoms with van der Waals surface area (Å²) in [5.74, 6) is -5.84. The van der Waals surface area contributed by atoms with Crippen LogP contribution in [-0.4, -0.2) is 27.7 Å². The monoisotopic (exact) mass is 342 g/mol. The molecule has 0 unspecified atom stereocenters. The van der Waals surface area contributed by atoms with E-state index in [1.165, 1.54) is 6.92 Å². The number of nitrogens with zero attached hydrogens (tertiary/aromatic N) is 2. The van der Waals surface area contributed by atoms with Gasteiger partial charge in [0.15, 0.2) is 5.75 Å². The quantitative estimate of drug-likeness (QED) is 0.673. The molecule has 2 aromatic rings. The van der Waals surface area contributed by atoms with E-state index in [-0.39, 0.29) is 17.8 Å². The Hall–Kier alpha value is -3.04. The van der Waals surface area contributed by atoms with Crippen molar-refractivity contribution in [1.29, 1.82) is 0 Å². The number of hydrogen-bond donors (Lipinski definition) is 1. The molecule has 0 radical (unpaired) electrons. The van der Waals surface area contributed by atoms with Crippen LogP contribution < -0.4 is 10.2 Å². The van der Waals surface area contributed by atoms with Crippen molar-refractivity contribution in [2.24, 2.45) is 0 Å². The van der Waals surface area contributed by atoms with E-state index in [2.05, 4.69) is 0 Å². The van der Waals surface area contributed by atoms with E-state index >= 15 is 0 Å². The van der Waals surface area contributed by atoms with Crippen molar-refractivity contribution in [2.75, 3.05) is 7.11 Å². The van der Waals surface area contributed by atoms with Crippen LogP contribution in [0, 0.1) is 28.7 Å². The van der Waals surface area contributed by atoms with E-state index in [0.29, 0.717) is 0 Å². The minimum atomic E-state index is -1.88. The highest BCUT2D eigenvalue weighted by molar-refractivity contribution is 5.99. The molecule has 0 aliphatic carbocycles. The molecule has 0 fully saturated rings. The second-order valence-corrected chi connectivity index (χ2v) is 4.83. The highest BCUT2D eigenvalue weighted by Gasteiger charge is 2.34. The number of fused-ring (bicyclic) bond motifs is 1. The van der Waals surface area contributed by atoms with Crippen molar-refractivity contribution in [3.05, 3.63) is 43.2 Å². The Morgan fingerprint density at radius 1 is 1.38 bits per heavy atom. The van der Waals surface area contributed by atoms with E-state index in [9.17, 15) is 33.6 Å². The number of halogens is 2. The van der Waals surface area contributed by atoms with Gasteiger partial charge in [0.05, 0.1) is 12.0 Å². The first-order valence-corrected chi connectivity index (χ1v) is 6.68. The molecule has 0 aliphatic rings. The predicted molar refractivity (Wildman–Crippen MR) is 78.7 cm³/mol. The van der Waals surface area contributed by atoms with Gasteiger partial charge in [-0.25, -0.2) is 4.79 Å². The maximum absolute atomic E-state index is 14.2. The lowest BCUT2D eigenvalue weighted by Crippen LogP contribution is -2.24. The molecule has 1 N–H and O–H groups in total. The summed E-state index contributed by atoms with van der Waals surface area (Å²) in [4.78, 5) is 33.7. The van der Waals surface area contributed by atoms with Crippen LogP contribution in [0.3, 0.4) is 0 Å². The second kappa shape index (κ2) is 5.87. The number of aryl methyl sites for hydroxylation is 1. The summed E-state index contributed by atoms with van der Waals surface area (Å²) in [6, 6.07) is 0. The number of pyridine rings is 1. The molecule has 0 saturated heterocycles. The molecule has 10 heteroatoms. The van der Waals surface area contributed by atoms with Crippen LogP contribution in [0.15, 0.2) is 4.79 Å². The average Bonchev–Trinajstić information content (AvgIpc) is 2.49. The Morgan fingerprint density at radius 2 is 1.96 bits per heavy atom. The first-order valence-electron chi connectivity index (χ1n) is 6.68. The molecular weight excluding hydrogens is 330 g/mol. The van der Waals surface area contributed by atoms with Gasteiger partial charge in [-0.1, -0.05) is 0 Å². The maximum atomic E-state index is 14.2. The number of ether oxygens (including phenoxy) is 1. The van der Waals surface area contributed by atoms with Gasteiger partial charge >= 0.3 is 11.7 Å². The SMILES string of the molecule is CCn1c(C)c(C(=O)O)c(=O)c2c([N+](=O)[O-])c(F)c(F)c(OC)c21. The third-order valence-corrected chi connectivity index (χ3v) is 3.70. The smallest absolute Gasteiger partial charge is 0.341 e. The molecule has 1 aromatic heterocycles. The van der Waals surface area contributed by atoms with Gasteiger partial charge in [0, 0.05) is 12.2 Å². The average molecular weight is 342 g/mol. The normalized spacial score (nSPS) is 10.9. The molecule has 0 aliphatic heterocycles. The summed E-state index contributed by atoms with van der Waals surface area (Å²) in [6.45, 7) is 2.89. The number of nitro benzene ring substituents is 1. The molecule has 1 heterocycles. The lowest BCUT2D eigenvalue weighted by Gasteiger charge is -2.18. The molecule has 0 amide bonds. The van der Waals surface area contributed by atoms with Crippen LogP contribution in [0.5, 0.6) is 5.75 Å². The Bertz CT molecular complexity index is 951. The Kier molecular flexibility index (Phi) is 4.24. The van der Waals surface area contributed by atoms with Crippen LogP contribution in [0.2, 0.25) is 0 Å². The van der Waals surface area contributed by atoms with Gasteiger partial charge in [-0.2, -0.15) is 8.78 Å². The number of aromatic nitrogens is 1. The van der Waals surface area contributed by atoms with E-state index in [1.807, 2.05) is 0 Å². The van der Waals surface area contributed by atoms with Crippen LogP contribution >= 0.6 is 0 Å². The fourth-order valence-electron chi connectivity index (χ4n) is 2.71. The zero-order chi connectivity index (χ0) is 18.3. The van der Waals surface area contributed by atoms with Crippen LogP contribution in [0.25, 0.3) is 10.9 Å². The van der Waals surface area contributed by atoms with Gasteiger partial charge in [0.25, 0.3) is 0 Å². The van der Waals surface area contributed by atoms with Crippen molar-refractivity contribution in [3.63, 3.8) is 0 Å². The number of carboxylic acids is 1. The second-order valence-electron chi connectivity index (χ2n) is 4.83. The fourth-order valence-corrected chi connectivity index (χ4v) is 2.71. The van der Waals surface area contributed by atoms with Crippen molar-refractivity contribution in [3.8, 4) is 5.75 Å². The van der Waals surface area contributed by atoms with E-state index in [0.717, 1.165) is 11.7 Å². The van der Waals surface area contributed by atoms with Gasteiger partial charge in [0.2, 0.25) is 17.1 Å². The zero-order valence-electron chi connectivity index (χ0n) is 12.8. The first-order chi connectivity index (χ1) is 11.2. The topological polar surface area (TPSA) is 112 Å². The lowest BCUT2D eigenvalue weighted by atomic mass is 10.0. The Balaban J connectivity index is 3.37. The van der Waals surface area contributed by atoms with E-state index in [1.54, 1.807) is 6.92 Å². The zero-order valence-corrected chi connectivity index (χ0v) is 12.8. The number of carboxylic acid groups (broad SMARTS) is 1. The summed E-state index contributed by atoms with van der Waals surface area (Å²) in [5.41, 5.74) is -3.86. The minimum absolute atomic E-state index is 0.0431. The third-order valence-electron chi connectivity index (χ3n) is 3.70. The molecule has 0 saturated carbocycles. The lowest BCUT2D eigenvalue weighted by molar-refractivity contribution is -0.386. The molecule has 0 atom stereocenters. The fraction of sp³-hybridized carbons (Fsp3) is 0.286. The molecular formula is C14H12F2N2O6. The number of methoxy groups -OCH3 is 1. The van der Waals surface area contributed by atoms with Crippen molar-refractivity contribution in [1.82, 2.24) is 4.57 Å². The Labute approximate surface area is 133 Å². The molecule has 8 nitrogen and oxygen atoms in total. The van der Waals surface area contributed by atoms with Gasteiger partial charge < -0.3 is 14.4 Å². The van der Waals surface area contributed by atoms with Gasteiger partial charge in [-0.3, -0.25) is 14.9 Å². The molecule has 128 valence electrons. The molecule has 1 aromatic carbocycles. The number of nitro groups is 1. The van der Waals surface area contributed by atoms with Gasteiger partial charge in [-0.05, 0) is 13.8 Å². The van der Waals surface area contributed by atoms with Crippen LogP contribution in [0.1, 0.15) is 23.0 Å². The van der Waals surface area contributed by atoms with Crippen molar-refractivity contribution >= 4 is 22.6 Å². The number of hydrogen-bond acceptors (Lipinski definition) is 5. The minimum Gasteiger partial charge on any atom is -0.491 e. The maximum Gasteiger partial charge on any atom is 0.341 e. The summed E-state index contributed by atoms with van der Waals surface area (Å²) in [6.07, 6.45) is 0. The van der Waals surface area contributed by atoms with Crippen molar-refractivity contribution in [2.45, 2.75) is 20.4 Å². The highest BCUT2D eigenvalue weighted by atomic mass is 19.2. The third kappa shape index (κ3) is 2.18. The summed E-state index contributed by atoms with van der Waals surface area (Å²) in [7, 11) is 1.01. The Morgan fingerprint density at radius 3 is 2.38 bits per heavy atom. The van der Waals surface area contributed by atoms with Gasteiger partial charge in [0.1, 0.15) is 16.5 Å². The van der Waals surface area contributed by atoms with Crippen LogP contribution in [0.4, 0.5) is 14.5 Å². The predicted octanol–water partition coefficient (Wildman–Crippen LogP) is 2.22. The number of aromatic carboxylic acids is 1. The van der Waals surface area contributed by atoms with Gasteiger partial charge in [-0.15, -0.1) is 0 Å². The number of benzene rings is 1. The number of carbonyl (C=O) groups is 1. The first kappa shape index (κ1) is 17.3. The molecule has 2 rings (SSSR count). The van der Waals surface area contributed by atoms with Crippen molar-refractivity contribution < 1.29 is 28.3 Å². The molecule has 0 spiro atoms. The van der Waals surface area contributed by atoms with Crippen LogP contribution in [-0.2, 0) is 6.54 Å². The number of rotatable bonds is 4. The van der Waals surface area contributed by atoms with E-state index in [4.69, 9.17) is 4.74 Å². The van der Waals surface area contributed by atoms with E-state index < -0.39 is 50.3 Å². The summed E-state index contributed by atoms with van der Waals surface area (Å²) in [5, 5.41) is 19.5. The summed E-state index contributed by atoms with van der Waals surface area (Å²) >= 11 is 0. The molecule has 24 heavy (non-hydrogen) atoms. The standard InChI is InChI=1S/C14H12F2N2O6/c1-4-17-5(2)6(14(20)21)12(19)7-10(18(22)23)8(15)9(16)13(24-3)11(7)17/h4H2,1-3H3,(H,20,21).